The zero-order chi connectivity index (χ0) is 12.9. The van der Waals surface area contributed by atoms with Gasteiger partial charge in [-0.25, -0.2) is 4.79 Å². The van der Waals surface area contributed by atoms with Crippen LogP contribution in [-0.2, 0) is 4.79 Å². The lowest BCUT2D eigenvalue weighted by atomic mass is 10.1. The van der Waals surface area contributed by atoms with Crippen LogP contribution in [-0.4, -0.2) is 17.6 Å². The standard InChI is InChI=1S/C14H23NO2/c1-3-5-7-8-9-10-13(14(16)17)12-15-11-6-4-2/h10H,3-9,11H2,1-2H3/p+1. The van der Waals surface area contributed by atoms with Crippen molar-refractivity contribution in [1.82, 2.24) is 0 Å². The molecule has 0 aliphatic carbocycles. The second-order valence-electron chi connectivity index (χ2n) is 4.12. The van der Waals surface area contributed by atoms with E-state index < -0.39 is 5.97 Å². The van der Waals surface area contributed by atoms with Gasteiger partial charge in [0.2, 0.25) is 0 Å². The smallest absolute Gasteiger partial charge is 0.350 e. The summed E-state index contributed by atoms with van der Waals surface area (Å²) in [6, 6.07) is 2.63. The summed E-state index contributed by atoms with van der Waals surface area (Å²) >= 11 is 0. The first-order valence-corrected chi connectivity index (χ1v) is 6.58. The number of carboxylic acid groups (broad SMARTS) is 1. The molecule has 0 amide bonds. The number of unbranched alkanes of at least 4 members (excludes halogenated alkanes) is 5. The molecule has 0 rings (SSSR count). The molecule has 0 saturated heterocycles. The van der Waals surface area contributed by atoms with Crippen LogP contribution in [0.1, 0.15) is 58.8 Å². The van der Waals surface area contributed by atoms with Crippen molar-refractivity contribution < 1.29 is 9.90 Å². The number of aliphatic carboxylic acids is 1. The van der Waals surface area contributed by atoms with Gasteiger partial charge in [0, 0.05) is 6.42 Å². The maximum absolute atomic E-state index is 10.9. The molecule has 0 spiro atoms. The number of carbonyl (C=O) groups is 1. The van der Waals surface area contributed by atoms with Crippen molar-refractivity contribution in [2.24, 2.45) is 0 Å². The predicted octanol–water partition coefficient (Wildman–Crippen LogP) is 4.10. The molecular formula is C14H24NO2+. The van der Waals surface area contributed by atoms with Gasteiger partial charge < -0.3 is 5.11 Å². The van der Waals surface area contributed by atoms with Crippen LogP contribution in [0.15, 0.2) is 11.6 Å². The Morgan fingerprint density at radius 2 is 1.88 bits per heavy atom. The molecule has 96 valence electrons. The van der Waals surface area contributed by atoms with E-state index in [-0.39, 0.29) is 5.57 Å². The van der Waals surface area contributed by atoms with Gasteiger partial charge in [-0.05, 0) is 19.3 Å². The molecule has 1 N–H and O–H groups in total. The van der Waals surface area contributed by atoms with Gasteiger partial charge in [-0.2, -0.15) is 0 Å². The molecule has 3 heteroatoms. The normalized spacial score (nSPS) is 10.8. The summed E-state index contributed by atoms with van der Waals surface area (Å²) in [6.45, 7) is 4.90. The first-order valence-electron chi connectivity index (χ1n) is 6.58. The lowest BCUT2D eigenvalue weighted by molar-refractivity contribution is -0.132. The van der Waals surface area contributed by atoms with Crippen LogP contribution in [0.2, 0.25) is 0 Å². The fraction of sp³-hybridized carbons (Fsp3) is 0.714. The summed E-state index contributed by atoms with van der Waals surface area (Å²) in [5.74, 6) is -0.930. The lowest BCUT2D eigenvalue weighted by Gasteiger charge is -1.93. The largest absolute Gasteiger partial charge is 0.477 e. The SMILES string of the molecule is CCCCCCC=C(C#[N+]CCCC)C(=O)O. The molecule has 0 radical (unpaired) electrons. The maximum Gasteiger partial charge on any atom is 0.350 e. The van der Waals surface area contributed by atoms with E-state index in [2.05, 4.69) is 24.8 Å². The van der Waals surface area contributed by atoms with E-state index in [0.717, 1.165) is 32.1 Å². The van der Waals surface area contributed by atoms with E-state index >= 15 is 0 Å². The van der Waals surface area contributed by atoms with Crippen molar-refractivity contribution in [3.05, 3.63) is 16.5 Å². The number of carboxylic acids is 1. The minimum atomic E-state index is -0.930. The topological polar surface area (TPSA) is 41.7 Å². The van der Waals surface area contributed by atoms with E-state index in [1.807, 2.05) is 0 Å². The highest BCUT2D eigenvalue weighted by Crippen LogP contribution is 2.05. The average molecular weight is 238 g/mol. The highest BCUT2D eigenvalue weighted by Gasteiger charge is 2.09. The third kappa shape index (κ3) is 9.62. The molecule has 0 aliphatic heterocycles. The fourth-order valence-electron chi connectivity index (χ4n) is 1.38. The highest BCUT2D eigenvalue weighted by atomic mass is 16.4. The first kappa shape index (κ1) is 15.7. The summed E-state index contributed by atoms with van der Waals surface area (Å²) in [5.41, 5.74) is 0.206. The van der Waals surface area contributed by atoms with Gasteiger partial charge in [0.15, 0.2) is 5.57 Å². The van der Waals surface area contributed by atoms with Crippen molar-refractivity contribution in [2.75, 3.05) is 6.54 Å². The van der Waals surface area contributed by atoms with E-state index in [0.29, 0.717) is 6.54 Å². The number of rotatable bonds is 8. The van der Waals surface area contributed by atoms with Crippen LogP contribution in [0, 0.1) is 6.07 Å². The fourth-order valence-corrected chi connectivity index (χ4v) is 1.38. The minimum Gasteiger partial charge on any atom is -0.477 e. The zero-order valence-corrected chi connectivity index (χ0v) is 11.0. The molecule has 0 aromatic heterocycles. The van der Waals surface area contributed by atoms with Crippen LogP contribution in [0.5, 0.6) is 0 Å². The molecular weight excluding hydrogens is 214 g/mol. The van der Waals surface area contributed by atoms with Crippen LogP contribution < -0.4 is 0 Å². The van der Waals surface area contributed by atoms with Gasteiger partial charge in [0.1, 0.15) is 0 Å². The number of allylic oxidation sites excluding steroid dienone is 1. The van der Waals surface area contributed by atoms with Crippen LogP contribution in [0.4, 0.5) is 0 Å². The van der Waals surface area contributed by atoms with Crippen molar-refractivity contribution in [3.8, 4) is 6.07 Å². The van der Waals surface area contributed by atoms with Crippen molar-refractivity contribution >= 4 is 5.97 Å². The van der Waals surface area contributed by atoms with Gasteiger partial charge in [-0.1, -0.05) is 44.0 Å². The van der Waals surface area contributed by atoms with Gasteiger partial charge in [-0.3, -0.25) is 0 Å². The molecule has 0 fully saturated rings. The first-order chi connectivity index (χ1) is 8.22. The number of nitrogens with zero attached hydrogens (tertiary/aromatic N) is 1. The monoisotopic (exact) mass is 238 g/mol. The van der Waals surface area contributed by atoms with E-state index in [9.17, 15) is 4.79 Å². The quantitative estimate of drug-likeness (QED) is 0.393. The molecule has 0 aromatic rings. The number of hydrogen-bond acceptors (Lipinski definition) is 1. The third-order valence-electron chi connectivity index (χ3n) is 2.46. The molecule has 0 aromatic carbocycles. The predicted molar refractivity (Wildman–Crippen MR) is 71.5 cm³/mol. The Morgan fingerprint density at radius 1 is 1.18 bits per heavy atom. The Labute approximate surface area is 104 Å². The summed E-state index contributed by atoms with van der Waals surface area (Å²) in [7, 11) is 0. The Kier molecular flexibility index (Phi) is 10.3. The van der Waals surface area contributed by atoms with Gasteiger partial charge in [0.25, 0.3) is 6.54 Å². The molecule has 3 nitrogen and oxygen atoms in total. The van der Waals surface area contributed by atoms with Crippen molar-refractivity contribution in [3.63, 3.8) is 0 Å². The lowest BCUT2D eigenvalue weighted by Crippen LogP contribution is -1.97. The third-order valence-corrected chi connectivity index (χ3v) is 2.46. The van der Waals surface area contributed by atoms with Crippen LogP contribution in [0.25, 0.3) is 4.85 Å². The van der Waals surface area contributed by atoms with E-state index in [4.69, 9.17) is 5.11 Å². The molecule has 0 saturated carbocycles. The Morgan fingerprint density at radius 3 is 2.47 bits per heavy atom. The highest BCUT2D eigenvalue weighted by molar-refractivity contribution is 5.91. The van der Waals surface area contributed by atoms with E-state index in [1.165, 1.54) is 12.8 Å². The van der Waals surface area contributed by atoms with Gasteiger partial charge >= 0.3 is 12.0 Å². The van der Waals surface area contributed by atoms with Crippen molar-refractivity contribution in [2.45, 2.75) is 58.8 Å². The summed E-state index contributed by atoms with van der Waals surface area (Å²) in [5, 5.41) is 8.94. The zero-order valence-electron chi connectivity index (χ0n) is 11.0. The summed E-state index contributed by atoms with van der Waals surface area (Å²) in [4.78, 5) is 14.9. The van der Waals surface area contributed by atoms with Gasteiger partial charge in [-0.15, -0.1) is 0 Å². The summed E-state index contributed by atoms with van der Waals surface area (Å²) < 4.78 is 0. The van der Waals surface area contributed by atoms with Crippen molar-refractivity contribution in [1.29, 1.82) is 0 Å². The molecule has 0 atom stereocenters. The Bertz CT molecular complexity index is 297. The Balaban J connectivity index is 4.07. The second-order valence-corrected chi connectivity index (χ2v) is 4.12. The number of hydrogen-bond donors (Lipinski definition) is 1. The minimum absolute atomic E-state index is 0.206. The second kappa shape index (κ2) is 11.2. The molecule has 0 aliphatic rings. The summed E-state index contributed by atoms with van der Waals surface area (Å²) in [6.07, 6.45) is 9.19. The van der Waals surface area contributed by atoms with Gasteiger partial charge in [0.05, 0.1) is 0 Å². The van der Waals surface area contributed by atoms with E-state index in [1.54, 1.807) is 6.08 Å². The molecule has 17 heavy (non-hydrogen) atoms. The molecule has 0 heterocycles. The average Bonchev–Trinajstić information content (AvgIpc) is 2.31. The maximum atomic E-state index is 10.9. The van der Waals surface area contributed by atoms with Crippen LogP contribution >= 0.6 is 0 Å². The molecule has 0 bridgehead atoms. The Hall–Kier alpha value is -1.30. The van der Waals surface area contributed by atoms with Crippen LogP contribution in [0.3, 0.4) is 0 Å². The molecule has 0 unspecified atom stereocenters.